The van der Waals surface area contributed by atoms with Crippen molar-refractivity contribution in [2.45, 2.75) is 20.3 Å². The molecule has 0 aliphatic rings. The minimum absolute atomic E-state index is 0.0364. The summed E-state index contributed by atoms with van der Waals surface area (Å²) in [6.45, 7) is 3.68. The SMILES string of the molecule is Cc1ccc(Nc2ccc3c(c2)ncn3-c2ccc(CCO)c(-n3nc(C)cc3C#N)n2)nn1. The van der Waals surface area contributed by atoms with Gasteiger partial charge in [-0.25, -0.2) is 14.6 Å². The Morgan fingerprint density at radius 3 is 2.68 bits per heavy atom. The molecule has 1 aromatic carbocycles. The molecule has 0 unspecified atom stereocenters. The van der Waals surface area contributed by atoms with Crippen LogP contribution in [0.3, 0.4) is 0 Å². The Labute approximate surface area is 195 Å². The number of nitrogens with zero attached hydrogens (tertiary/aromatic N) is 8. The number of benzene rings is 1. The van der Waals surface area contributed by atoms with Crippen LogP contribution in [0.1, 0.15) is 22.6 Å². The highest BCUT2D eigenvalue weighted by Crippen LogP contribution is 2.24. The van der Waals surface area contributed by atoms with Crippen molar-refractivity contribution < 1.29 is 5.11 Å². The molecule has 0 saturated heterocycles. The third-order valence-electron chi connectivity index (χ3n) is 5.33. The number of nitrogens with one attached hydrogen (secondary N) is 1. The zero-order chi connectivity index (χ0) is 23.7. The summed E-state index contributed by atoms with van der Waals surface area (Å²) in [7, 11) is 0. The summed E-state index contributed by atoms with van der Waals surface area (Å²) >= 11 is 0. The van der Waals surface area contributed by atoms with Crippen LogP contribution in [-0.2, 0) is 6.42 Å². The molecule has 0 amide bonds. The lowest BCUT2D eigenvalue weighted by molar-refractivity contribution is 0.299. The topological polar surface area (TPSA) is 130 Å². The molecule has 34 heavy (non-hydrogen) atoms. The van der Waals surface area contributed by atoms with E-state index in [1.54, 1.807) is 12.4 Å². The van der Waals surface area contributed by atoms with Crippen LogP contribution in [0.25, 0.3) is 22.7 Å². The molecule has 0 fully saturated rings. The van der Waals surface area contributed by atoms with Gasteiger partial charge in [0.25, 0.3) is 0 Å². The van der Waals surface area contributed by atoms with E-state index in [1.807, 2.05) is 60.9 Å². The molecule has 0 saturated carbocycles. The third kappa shape index (κ3) is 3.96. The second-order valence-corrected chi connectivity index (χ2v) is 7.82. The largest absolute Gasteiger partial charge is 0.396 e. The highest BCUT2D eigenvalue weighted by Gasteiger charge is 2.16. The van der Waals surface area contributed by atoms with Crippen molar-refractivity contribution in [1.82, 2.24) is 34.5 Å². The van der Waals surface area contributed by atoms with E-state index in [9.17, 15) is 10.4 Å². The van der Waals surface area contributed by atoms with Gasteiger partial charge in [-0.3, -0.25) is 4.57 Å². The van der Waals surface area contributed by atoms with Gasteiger partial charge in [-0.05, 0) is 68.3 Å². The van der Waals surface area contributed by atoms with Crippen molar-refractivity contribution in [2.24, 2.45) is 0 Å². The minimum Gasteiger partial charge on any atom is -0.396 e. The first-order chi connectivity index (χ1) is 16.6. The van der Waals surface area contributed by atoms with Crippen molar-refractivity contribution in [1.29, 1.82) is 5.26 Å². The molecule has 0 spiro atoms. The van der Waals surface area contributed by atoms with E-state index in [4.69, 9.17) is 4.98 Å². The lowest BCUT2D eigenvalue weighted by Gasteiger charge is -2.12. The zero-order valence-electron chi connectivity index (χ0n) is 18.6. The van der Waals surface area contributed by atoms with E-state index in [0.29, 0.717) is 35.3 Å². The molecule has 0 aliphatic carbocycles. The van der Waals surface area contributed by atoms with Gasteiger partial charge >= 0.3 is 0 Å². The first-order valence-corrected chi connectivity index (χ1v) is 10.7. The quantitative estimate of drug-likeness (QED) is 0.403. The number of pyridine rings is 1. The van der Waals surface area contributed by atoms with Gasteiger partial charge < -0.3 is 10.4 Å². The van der Waals surface area contributed by atoms with Gasteiger partial charge in [-0.15, -0.1) is 5.10 Å². The summed E-state index contributed by atoms with van der Waals surface area (Å²) in [5.41, 5.74) is 5.22. The molecular formula is C24H21N9O. The number of fused-ring (bicyclic) bond motifs is 1. The fraction of sp³-hybridized carbons (Fsp3) is 0.167. The van der Waals surface area contributed by atoms with Crippen molar-refractivity contribution in [3.8, 4) is 17.7 Å². The fourth-order valence-corrected chi connectivity index (χ4v) is 3.73. The van der Waals surface area contributed by atoms with Crippen molar-refractivity contribution in [3.05, 3.63) is 77.5 Å². The standard InChI is InChI=1S/C24H21N9O/c1-15-3-7-22(30-29-15)27-18-5-6-21-20(12-18)26-14-32(21)23-8-4-17(9-10-34)24(28-23)33-19(13-25)11-16(2)31-33/h3-8,11-12,14,34H,9-10H2,1-2H3,(H,27,30). The van der Waals surface area contributed by atoms with E-state index in [-0.39, 0.29) is 6.61 Å². The maximum Gasteiger partial charge on any atom is 0.160 e. The molecular weight excluding hydrogens is 430 g/mol. The van der Waals surface area contributed by atoms with Gasteiger partial charge in [0, 0.05) is 12.3 Å². The predicted octanol–water partition coefficient (Wildman–Crippen LogP) is 3.16. The highest BCUT2D eigenvalue weighted by molar-refractivity contribution is 5.82. The number of hydrogen-bond acceptors (Lipinski definition) is 8. The van der Waals surface area contributed by atoms with Crippen molar-refractivity contribution >= 4 is 22.5 Å². The second kappa shape index (κ2) is 8.73. The number of anilines is 2. The Balaban J connectivity index is 1.54. The first-order valence-electron chi connectivity index (χ1n) is 10.7. The normalized spacial score (nSPS) is 11.0. The fourth-order valence-electron chi connectivity index (χ4n) is 3.73. The third-order valence-corrected chi connectivity index (χ3v) is 5.33. The van der Waals surface area contributed by atoms with E-state index < -0.39 is 0 Å². The molecule has 168 valence electrons. The van der Waals surface area contributed by atoms with Crippen LogP contribution in [0.4, 0.5) is 11.5 Å². The maximum atomic E-state index is 9.54. The lowest BCUT2D eigenvalue weighted by atomic mass is 10.2. The Morgan fingerprint density at radius 1 is 1.03 bits per heavy atom. The van der Waals surface area contributed by atoms with Gasteiger partial charge in [-0.1, -0.05) is 6.07 Å². The van der Waals surface area contributed by atoms with Crippen LogP contribution in [0, 0.1) is 25.2 Å². The average Bonchev–Trinajstić information content (AvgIpc) is 3.44. The molecule has 0 atom stereocenters. The van der Waals surface area contributed by atoms with Crippen LogP contribution in [0.5, 0.6) is 0 Å². The summed E-state index contributed by atoms with van der Waals surface area (Å²) < 4.78 is 3.40. The molecule has 2 N–H and O–H groups in total. The summed E-state index contributed by atoms with van der Waals surface area (Å²) in [4.78, 5) is 9.34. The van der Waals surface area contributed by atoms with Gasteiger partial charge in [0.1, 0.15) is 23.9 Å². The van der Waals surface area contributed by atoms with E-state index >= 15 is 0 Å². The Morgan fingerprint density at radius 2 is 1.91 bits per heavy atom. The van der Waals surface area contributed by atoms with Gasteiger partial charge in [0.15, 0.2) is 11.6 Å². The Hall–Kier alpha value is -4.62. The van der Waals surface area contributed by atoms with E-state index in [0.717, 1.165) is 28.0 Å². The minimum atomic E-state index is -0.0364. The lowest BCUT2D eigenvalue weighted by Crippen LogP contribution is -2.10. The Bertz CT molecular complexity index is 1530. The molecule has 5 rings (SSSR count). The van der Waals surface area contributed by atoms with Crippen molar-refractivity contribution in [3.63, 3.8) is 0 Å². The number of rotatable bonds is 6. The van der Waals surface area contributed by atoms with Gasteiger partial charge in [0.05, 0.1) is 22.4 Å². The molecule has 10 heteroatoms. The smallest absolute Gasteiger partial charge is 0.160 e. The monoisotopic (exact) mass is 451 g/mol. The average molecular weight is 451 g/mol. The summed E-state index contributed by atoms with van der Waals surface area (Å²) in [6, 6.07) is 17.2. The van der Waals surface area contributed by atoms with Crippen LogP contribution >= 0.6 is 0 Å². The molecule has 5 aromatic rings. The molecule has 0 bridgehead atoms. The van der Waals surface area contributed by atoms with Crippen LogP contribution in [0.2, 0.25) is 0 Å². The summed E-state index contributed by atoms with van der Waals surface area (Å²) in [5, 5.41) is 34.9. The number of aliphatic hydroxyl groups is 1. The molecule has 4 heterocycles. The maximum absolute atomic E-state index is 9.54. The number of aliphatic hydroxyl groups excluding tert-OH is 1. The molecule has 0 aliphatic heterocycles. The van der Waals surface area contributed by atoms with Crippen molar-refractivity contribution in [2.75, 3.05) is 11.9 Å². The molecule has 0 radical (unpaired) electrons. The summed E-state index contributed by atoms with van der Waals surface area (Å²) in [5.74, 6) is 1.79. The van der Waals surface area contributed by atoms with Crippen LogP contribution in [-0.4, -0.2) is 46.2 Å². The van der Waals surface area contributed by atoms with E-state index in [2.05, 4.69) is 31.7 Å². The second-order valence-electron chi connectivity index (χ2n) is 7.82. The number of aromatic nitrogens is 7. The molecule has 4 aromatic heterocycles. The zero-order valence-corrected chi connectivity index (χ0v) is 18.6. The summed E-state index contributed by atoms with van der Waals surface area (Å²) in [6.07, 6.45) is 2.10. The number of nitriles is 1. The Kier molecular flexibility index (Phi) is 5.45. The first kappa shape index (κ1) is 21.2. The van der Waals surface area contributed by atoms with Gasteiger partial charge in [0.2, 0.25) is 0 Å². The number of imidazole rings is 1. The highest BCUT2D eigenvalue weighted by atomic mass is 16.3. The predicted molar refractivity (Wildman–Crippen MR) is 126 cm³/mol. The molecule has 10 nitrogen and oxygen atoms in total. The number of hydrogen-bond donors (Lipinski definition) is 2. The van der Waals surface area contributed by atoms with Crippen LogP contribution in [0.15, 0.2) is 54.9 Å². The number of aryl methyl sites for hydroxylation is 2. The van der Waals surface area contributed by atoms with E-state index in [1.165, 1.54) is 4.68 Å². The van der Waals surface area contributed by atoms with Gasteiger partial charge in [-0.2, -0.15) is 15.5 Å². The van der Waals surface area contributed by atoms with Crippen LogP contribution < -0.4 is 5.32 Å².